The van der Waals surface area contributed by atoms with Crippen molar-refractivity contribution in [2.24, 2.45) is 5.92 Å². The molecule has 23 heavy (non-hydrogen) atoms. The van der Waals surface area contributed by atoms with Gasteiger partial charge in [0.15, 0.2) is 0 Å². The lowest BCUT2D eigenvalue weighted by atomic mass is 10.0. The van der Waals surface area contributed by atoms with Crippen molar-refractivity contribution in [2.45, 2.75) is 32.9 Å². The molecule has 2 heterocycles. The fourth-order valence-corrected chi connectivity index (χ4v) is 3.40. The number of carbonyl (C=O) groups excluding carboxylic acids is 2. The van der Waals surface area contributed by atoms with Crippen LogP contribution in [0.25, 0.3) is 0 Å². The Morgan fingerprint density at radius 1 is 1.13 bits per heavy atom. The second kappa shape index (κ2) is 6.71. The van der Waals surface area contributed by atoms with Gasteiger partial charge < -0.3 is 10.2 Å². The molecule has 0 aliphatic carbocycles. The van der Waals surface area contributed by atoms with Crippen molar-refractivity contribution in [1.82, 2.24) is 15.1 Å². The van der Waals surface area contributed by atoms with Gasteiger partial charge in [0.2, 0.25) is 11.8 Å². The van der Waals surface area contributed by atoms with E-state index in [1.807, 2.05) is 0 Å². The lowest BCUT2D eigenvalue weighted by Crippen LogP contribution is -2.65. The van der Waals surface area contributed by atoms with Gasteiger partial charge in [0.25, 0.3) is 0 Å². The van der Waals surface area contributed by atoms with Crippen molar-refractivity contribution in [1.29, 1.82) is 0 Å². The van der Waals surface area contributed by atoms with Gasteiger partial charge in [-0.2, -0.15) is 0 Å². The van der Waals surface area contributed by atoms with Crippen LogP contribution in [0.3, 0.4) is 0 Å². The van der Waals surface area contributed by atoms with Gasteiger partial charge in [-0.25, -0.2) is 0 Å². The third-order valence-corrected chi connectivity index (χ3v) is 4.57. The van der Waals surface area contributed by atoms with E-state index < -0.39 is 0 Å². The first kappa shape index (κ1) is 16.0. The first-order valence-corrected chi connectivity index (χ1v) is 8.40. The molecule has 1 aromatic carbocycles. The lowest BCUT2D eigenvalue weighted by Gasteiger charge is -2.43. The summed E-state index contributed by atoms with van der Waals surface area (Å²) in [5, 5.41) is 2.68. The Bertz CT molecular complexity index is 582. The molecule has 2 aliphatic heterocycles. The highest BCUT2D eigenvalue weighted by molar-refractivity contribution is 5.95. The number of hydrogen-bond donors (Lipinski definition) is 1. The smallest absolute Gasteiger partial charge is 0.244 e. The summed E-state index contributed by atoms with van der Waals surface area (Å²) >= 11 is 0. The van der Waals surface area contributed by atoms with Crippen LogP contribution >= 0.6 is 0 Å². The average Bonchev–Trinajstić information content (AvgIpc) is 2.53. The maximum Gasteiger partial charge on any atom is 0.244 e. The first-order chi connectivity index (χ1) is 11.0. The minimum Gasteiger partial charge on any atom is -0.345 e. The number of carbonyl (C=O) groups is 2. The molecule has 124 valence electrons. The molecule has 2 saturated heterocycles. The maximum absolute atomic E-state index is 12.0. The largest absolute Gasteiger partial charge is 0.345 e. The van der Waals surface area contributed by atoms with Crippen molar-refractivity contribution in [3.8, 4) is 0 Å². The minimum atomic E-state index is -0.329. The van der Waals surface area contributed by atoms with Crippen LogP contribution in [0.1, 0.15) is 25.0 Å². The average molecular weight is 315 g/mol. The molecule has 0 unspecified atom stereocenters. The summed E-state index contributed by atoms with van der Waals surface area (Å²) in [4.78, 5) is 27.8. The highest BCUT2D eigenvalue weighted by Crippen LogP contribution is 2.17. The van der Waals surface area contributed by atoms with E-state index in [1.165, 1.54) is 11.1 Å². The second-order valence-electron chi connectivity index (χ2n) is 6.97. The van der Waals surface area contributed by atoms with Crippen molar-refractivity contribution in [3.05, 3.63) is 35.4 Å². The summed E-state index contributed by atoms with van der Waals surface area (Å²) in [5.74, 6) is 0.671. The summed E-state index contributed by atoms with van der Waals surface area (Å²) in [7, 11) is 0. The van der Waals surface area contributed by atoms with E-state index in [2.05, 4.69) is 48.3 Å². The van der Waals surface area contributed by atoms with Crippen molar-refractivity contribution < 1.29 is 9.59 Å². The maximum atomic E-state index is 12.0. The van der Waals surface area contributed by atoms with Crippen LogP contribution in [0.15, 0.2) is 24.3 Å². The Morgan fingerprint density at radius 3 is 2.52 bits per heavy atom. The van der Waals surface area contributed by atoms with Gasteiger partial charge in [0.05, 0.1) is 6.54 Å². The van der Waals surface area contributed by atoms with Crippen LogP contribution in [0, 0.1) is 5.92 Å². The highest BCUT2D eigenvalue weighted by atomic mass is 16.2. The Labute approximate surface area is 137 Å². The Balaban J connectivity index is 1.60. The monoisotopic (exact) mass is 315 g/mol. The summed E-state index contributed by atoms with van der Waals surface area (Å²) in [6.45, 7) is 7.51. The zero-order valence-corrected chi connectivity index (χ0v) is 13.9. The molecule has 0 spiro atoms. The minimum absolute atomic E-state index is 0.0263. The van der Waals surface area contributed by atoms with Crippen molar-refractivity contribution >= 4 is 11.8 Å². The van der Waals surface area contributed by atoms with Gasteiger partial charge in [-0.3, -0.25) is 14.5 Å². The number of hydrogen-bond acceptors (Lipinski definition) is 3. The van der Waals surface area contributed by atoms with Crippen LogP contribution < -0.4 is 5.32 Å². The molecule has 0 aromatic heterocycles. The molecular weight excluding hydrogens is 290 g/mol. The quantitative estimate of drug-likeness (QED) is 0.903. The van der Waals surface area contributed by atoms with Gasteiger partial charge in [0, 0.05) is 26.2 Å². The van der Waals surface area contributed by atoms with Crippen LogP contribution in [0.2, 0.25) is 0 Å². The molecule has 2 amide bonds. The zero-order valence-electron chi connectivity index (χ0n) is 13.9. The third-order valence-electron chi connectivity index (χ3n) is 4.57. The normalized spacial score (nSPS) is 22.2. The first-order valence-electron chi connectivity index (χ1n) is 8.40. The van der Waals surface area contributed by atoms with Crippen LogP contribution in [-0.2, 0) is 22.6 Å². The number of nitrogens with zero attached hydrogens (tertiary/aromatic N) is 2. The summed E-state index contributed by atoms with van der Waals surface area (Å²) in [6.07, 6.45) is 1.10. The fourth-order valence-electron chi connectivity index (χ4n) is 3.40. The van der Waals surface area contributed by atoms with E-state index in [1.54, 1.807) is 4.90 Å². The molecule has 5 heteroatoms. The van der Waals surface area contributed by atoms with Gasteiger partial charge in [-0.15, -0.1) is 0 Å². The predicted octanol–water partition coefficient (Wildman–Crippen LogP) is 1.03. The second-order valence-corrected chi connectivity index (χ2v) is 6.97. The number of piperazine rings is 2. The highest BCUT2D eigenvalue weighted by Gasteiger charge is 2.38. The predicted molar refractivity (Wildman–Crippen MR) is 88.8 cm³/mol. The number of benzene rings is 1. The third kappa shape index (κ3) is 3.72. The van der Waals surface area contributed by atoms with Crippen LogP contribution in [0.4, 0.5) is 0 Å². The molecule has 2 fully saturated rings. The van der Waals surface area contributed by atoms with Gasteiger partial charge >= 0.3 is 0 Å². The van der Waals surface area contributed by atoms with Gasteiger partial charge in [0.1, 0.15) is 6.04 Å². The number of rotatable bonds is 4. The molecule has 0 saturated carbocycles. The molecule has 3 rings (SSSR count). The fraction of sp³-hybridized carbons (Fsp3) is 0.556. The van der Waals surface area contributed by atoms with E-state index in [0.29, 0.717) is 19.0 Å². The molecule has 2 aliphatic rings. The molecule has 5 nitrogen and oxygen atoms in total. The Morgan fingerprint density at radius 2 is 1.83 bits per heavy atom. The van der Waals surface area contributed by atoms with E-state index in [9.17, 15) is 9.59 Å². The summed E-state index contributed by atoms with van der Waals surface area (Å²) in [5.41, 5.74) is 2.62. The van der Waals surface area contributed by atoms with Crippen molar-refractivity contribution in [2.75, 3.05) is 26.2 Å². The van der Waals surface area contributed by atoms with E-state index in [0.717, 1.165) is 19.5 Å². The summed E-state index contributed by atoms with van der Waals surface area (Å²) in [6, 6.07) is 8.42. The van der Waals surface area contributed by atoms with E-state index in [4.69, 9.17) is 0 Å². The van der Waals surface area contributed by atoms with Crippen LogP contribution in [0.5, 0.6) is 0 Å². The molecular formula is C18H25N3O2. The Hall–Kier alpha value is -1.88. The van der Waals surface area contributed by atoms with Gasteiger partial charge in [-0.05, 0) is 23.5 Å². The number of fused-ring (bicyclic) bond motifs is 1. The number of amides is 2. The SMILES string of the molecule is CC(C)Cc1ccc(CN2CCN3C(=O)CNC(=O)[C@H]3C2)cc1. The molecule has 0 bridgehead atoms. The molecule has 1 atom stereocenters. The standard InChI is InChI=1S/C18H25N3O2/c1-13(2)9-14-3-5-15(6-4-14)11-20-7-8-21-16(12-20)18(23)19-10-17(21)22/h3-6,13,16H,7-12H2,1-2H3,(H,19,23)/t16-/m1/s1. The van der Waals surface area contributed by atoms with Crippen molar-refractivity contribution in [3.63, 3.8) is 0 Å². The molecule has 1 N–H and O–H groups in total. The van der Waals surface area contributed by atoms with Gasteiger partial charge in [-0.1, -0.05) is 38.1 Å². The lowest BCUT2D eigenvalue weighted by molar-refractivity contribution is -0.149. The molecule has 0 radical (unpaired) electrons. The number of nitrogens with one attached hydrogen (secondary N) is 1. The van der Waals surface area contributed by atoms with E-state index in [-0.39, 0.29) is 24.4 Å². The van der Waals surface area contributed by atoms with Crippen LogP contribution in [-0.4, -0.2) is 53.8 Å². The molecule has 1 aromatic rings. The zero-order chi connectivity index (χ0) is 16.4. The topological polar surface area (TPSA) is 52.6 Å². The Kier molecular flexibility index (Phi) is 4.66. The summed E-state index contributed by atoms with van der Waals surface area (Å²) < 4.78 is 0. The van der Waals surface area contributed by atoms with E-state index >= 15 is 0 Å².